The van der Waals surface area contributed by atoms with Crippen LogP contribution in [-0.4, -0.2) is 0 Å². The highest BCUT2D eigenvalue weighted by Crippen LogP contribution is 2.22. The summed E-state index contributed by atoms with van der Waals surface area (Å²) in [5.41, 5.74) is 2.16. The minimum atomic E-state index is 0.983. The Balaban J connectivity index is 2.65. The van der Waals surface area contributed by atoms with Gasteiger partial charge >= 0.3 is 0 Å². The summed E-state index contributed by atoms with van der Waals surface area (Å²) in [6.07, 6.45) is 12.1. The topological polar surface area (TPSA) is 0 Å². The summed E-state index contributed by atoms with van der Waals surface area (Å²) in [4.78, 5) is 0. The van der Waals surface area contributed by atoms with Crippen molar-refractivity contribution in [2.45, 2.75) is 78.1 Å². The van der Waals surface area contributed by atoms with Gasteiger partial charge in [-0.05, 0) is 63.5 Å². The molecule has 1 rings (SSSR count). The fraction of sp³-hybridized carbons (Fsp3) is 0.545. The number of rotatable bonds is 8. The smallest absolute Gasteiger partial charge is 0.0400 e. The Morgan fingerprint density at radius 2 is 1.33 bits per heavy atom. The van der Waals surface area contributed by atoms with Crippen molar-refractivity contribution in [2.24, 2.45) is 0 Å². The van der Waals surface area contributed by atoms with Gasteiger partial charge in [-0.2, -0.15) is 0 Å². The molecule has 130 valence electrons. The lowest BCUT2D eigenvalue weighted by Crippen LogP contribution is -1.87. The molecule has 0 unspecified atom stereocenters. The summed E-state index contributed by atoms with van der Waals surface area (Å²) >= 11 is 5.99. The fourth-order valence-corrected chi connectivity index (χ4v) is 3.81. The standard InChI is InChI=1S/C22H28BrI/c1-3-5-7-9-11-13-15-19-17-20(22(24)18-21(19)23)16-14-12-10-8-6-4-2/h17-18H,3-12H2,1-2H3. The second-order valence-electron chi connectivity index (χ2n) is 6.04. The first-order chi connectivity index (χ1) is 11.7. The average Bonchev–Trinajstić information content (AvgIpc) is 2.57. The molecule has 0 atom stereocenters. The monoisotopic (exact) mass is 498 g/mol. The predicted molar refractivity (Wildman–Crippen MR) is 118 cm³/mol. The molecule has 24 heavy (non-hydrogen) atoms. The van der Waals surface area contributed by atoms with Crippen LogP contribution in [0.1, 0.15) is 89.2 Å². The van der Waals surface area contributed by atoms with Gasteiger partial charge < -0.3 is 0 Å². The van der Waals surface area contributed by atoms with Crippen molar-refractivity contribution in [1.82, 2.24) is 0 Å². The van der Waals surface area contributed by atoms with E-state index in [0.717, 1.165) is 28.4 Å². The van der Waals surface area contributed by atoms with Gasteiger partial charge in [-0.1, -0.05) is 76.1 Å². The van der Waals surface area contributed by atoms with Gasteiger partial charge in [0.1, 0.15) is 0 Å². The molecule has 0 aliphatic heterocycles. The lowest BCUT2D eigenvalue weighted by molar-refractivity contribution is 0.679. The Bertz CT molecular complexity index is 559. The Morgan fingerprint density at radius 1 is 0.792 bits per heavy atom. The van der Waals surface area contributed by atoms with E-state index in [1.165, 1.54) is 54.9 Å². The van der Waals surface area contributed by atoms with Crippen molar-refractivity contribution in [1.29, 1.82) is 0 Å². The van der Waals surface area contributed by atoms with E-state index in [1.807, 2.05) is 0 Å². The first kappa shape index (κ1) is 21.6. The predicted octanol–water partition coefficient (Wildman–Crippen LogP) is 7.70. The van der Waals surface area contributed by atoms with Gasteiger partial charge in [-0.15, -0.1) is 0 Å². The van der Waals surface area contributed by atoms with Crippen LogP contribution in [-0.2, 0) is 0 Å². The van der Waals surface area contributed by atoms with Crippen LogP contribution >= 0.6 is 38.5 Å². The molecule has 0 aliphatic carbocycles. The highest BCUT2D eigenvalue weighted by Gasteiger charge is 2.03. The molecule has 0 fully saturated rings. The maximum absolute atomic E-state index is 3.63. The summed E-state index contributed by atoms with van der Waals surface area (Å²) in [6.45, 7) is 4.48. The SMILES string of the molecule is CCCCCCC#Cc1cc(C#CCCCCCC)c(I)cc1Br. The first-order valence-electron chi connectivity index (χ1n) is 9.15. The highest BCUT2D eigenvalue weighted by molar-refractivity contribution is 14.1. The molecule has 1 aromatic rings. The number of unbranched alkanes of at least 4 members (excludes halogenated alkanes) is 8. The third-order valence-electron chi connectivity index (χ3n) is 3.81. The van der Waals surface area contributed by atoms with E-state index in [4.69, 9.17) is 0 Å². The van der Waals surface area contributed by atoms with Gasteiger partial charge in [0.05, 0.1) is 0 Å². The molecular formula is C22H28BrI. The minimum Gasteiger partial charge on any atom is -0.0979 e. The van der Waals surface area contributed by atoms with Gasteiger partial charge in [0.25, 0.3) is 0 Å². The molecule has 0 amide bonds. The molecule has 0 spiro atoms. The van der Waals surface area contributed by atoms with E-state index < -0.39 is 0 Å². The second-order valence-corrected chi connectivity index (χ2v) is 8.05. The molecule has 1 aromatic carbocycles. The molecule has 0 aliphatic rings. The third kappa shape index (κ3) is 9.14. The van der Waals surface area contributed by atoms with Crippen LogP contribution in [0.5, 0.6) is 0 Å². The summed E-state index contributed by atoms with van der Waals surface area (Å²) < 4.78 is 2.26. The lowest BCUT2D eigenvalue weighted by atomic mass is 10.1. The van der Waals surface area contributed by atoms with Crippen LogP contribution in [0.3, 0.4) is 0 Å². The molecule has 0 aromatic heterocycles. The van der Waals surface area contributed by atoms with Crippen molar-refractivity contribution in [3.05, 3.63) is 31.3 Å². The Kier molecular flexibility index (Phi) is 12.4. The fourth-order valence-electron chi connectivity index (χ4n) is 2.34. The van der Waals surface area contributed by atoms with Crippen molar-refractivity contribution in [3.8, 4) is 23.7 Å². The van der Waals surface area contributed by atoms with Crippen LogP contribution < -0.4 is 0 Å². The average molecular weight is 499 g/mol. The van der Waals surface area contributed by atoms with Crippen LogP contribution in [0.2, 0.25) is 0 Å². The summed E-state index contributed by atoms with van der Waals surface area (Å²) in [6, 6.07) is 4.26. The third-order valence-corrected chi connectivity index (χ3v) is 5.36. The molecule has 0 heterocycles. The molecule has 0 radical (unpaired) electrons. The lowest BCUT2D eigenvalue weighted by Gasteiger charge is -2.01. The van der Waals surface area contributed by atoms with Gasteiger partial charge in [0.2, 0.25) is 0 Å². The second kappa shape index (κ2) is 13.8. The van der Waals surface area contributed by atoms with Crippen LogP contribution in [0.25, 0.3) is 0 Å². The van der Waals surface area contributed by atoms with Gasteiger partial charge in [0, 0.05) is 32.0 Å². The van der Waals surface area contributed by atoms with E-state index in [1.54, 1.807) is 0 Å². The quantitative estimate of drug-likeness (QED) is 0.195. The van der Waals surface area contributed by atoms with Crippen molar-refractivity contribution in [2.75, 3.05) is 0 Å². The minimum absolute atomic E-state index is 0.983. The number of hydrogen-bond donors (Lipinski definition) is 0. The maximum atomic E-state index is 3.63. The van der Waals surface area contributed by atoms with Gasteiger partial charge in [0.15, 0.2) is 0 Å². The number of hydrogen-bond acceptors (Lipinski definition) is 0. The van der Waals surface area contributed by atoms with E-state index >= 15 is 0 Å². The molecule has 0 nitrogen and oxygen atoms in total. The molecule has 2 heteroatoms. The normalized spacial score (nSPS) is 9.83. The zero-order valence-electron chi connectivity index (χ0n) is 15.0. The maximum Gasteiger partial charge on any atom is 0.0400 e. The number of benzene rings is 1. The number of halogens is 2. The van der Waals surface area contributed by atoms with E-state index in [0.29, 0.717) is 0 Å². The Hall–Kier alpha value is -0.450. The molecular weight excluding hydrogens is 471 g/mol. The molecule has 0 saturated carbocycles. The highest BCUT2D eigenvalue weighted by atomic mass is 127. The first-order valence-corrected chi connectivity index (χ1v) is 11.0. The van der Waals surface area contributed by atoms with Crippen LogP contribution in [0, 0.1) is 27.3 Å². The van der Waals surface area contributed by atoms with Crippen molar-refractivity contribution >= 4 is 38.5 Å². The zero-order chi connectivity index (χ0) is 17.6. The van der Waals surface area contributed by atoms with Crippen molar-refractivity contribution in [3.63, 3.8) is 0 Å². The summed E-state index contributed by atoms with van der Waals surface area (Å²) in [7, 11) is 0. The van der Waals surface area contributed by atoms with Crippen molar-refractivity contribution < 1.29 is 0 Å². The van der Waals surface area contributed by atoms with Gasteiger partial charge in [-0.25, -0.2) is 0 Å². The zero-order valence-corrected chi connectivity index (χ0v) is 18.7. The van der Waals surface area contributed by atoms with Crippen LogP contribution in [0.15, 0.2) is 16.6 Å². The van der Waals surface area contributed by atoms with Crippen LogP contribution in [0.4, 0.5) is 0 Å². The summed E-state index contributed by atoms with van der Waals surface area (Å²) in [5.74, 6) is 13.3. The van der Waals surface area contributed by atoms with E-state index in [2.05, 4.69) is 88.2 Å². The molecule has 0 N–H and O–H groups in total. The Morgan fingerprint density at radius 3 is 1.88 bits per heavy atom. The Labute approximate surface area is 170 Å². The summed E-state index contributed by atoms with van der Waals surface area (Å²) in [5, 5.41) is 0. The van der Waals surface area contributed by atoms with E-state index in [-0.39, 0.29) is 0 Å². The van der Waals surface area contributed by atoms with Gasteiger partial charge in [-0.3, -0.25) is 0 Å². The van der Waals surface area contributed by atoms with E-state index in [9.17, 15) is 0 Å². The molecule has 0 saturated heterocycles. The largest absolute Gasteiger partial charge is 0.0979 e. The molecule has 0 bridgehead atoms.